The minimum atomic E-state index is 0.216. The molecule has 14 heavy (non-hydrogen) atoms. The molecule has 1 aromatic rings. The molecule has 1 aliphatic heterocycles. The maximum atomic E-state index is 11.7. The van der Waals surface area contributed by atoms with E-state index in [-0.39, 0.29) is 5.78 Å². The number of hydrogen-bond acceptors (Lipinski definition) is 2. The van der Waals surface area contributed by atoms with Crippen molar-refractivity contribution in [2.24, 2.45) is 5.92 Å². The Morgan fingerprint density at radius 3 is 2.50 bits per heavy atom. The topological polar surface area (TPSA) is 29.1 Å². The van der Waals surface area contributed by atoms with E-state index < -0.39 is 0 Å². The fourth-order valence-corrected chi connectivity index (χ4v) is 1.63. The van der Waals surface area contributed by atoms with Crippen LogP contribution < -0.4 is 5.32 Å². The van der Waals surface area contributed by atoms with E-state index in [1.165, 1.54) is 0 Å². The maximum absolute atomic E-state index is 11.7. The van der Waals surface area contributed by atoms with Crippen molar-refractivity contribution in [3.8, 4) is 0 Å². The molecule has 2 nitrogen and oxygen atoms in total. The van der Waals surface area contributed by atoms with Gasteiger partial charge in [-0.2, -0.15) is 0 Å². The second-order valence-corrected chi connectivity index (χ2v) is 4.09. The quantitative estimate of drug-likeness (QED) is 0.773. The van der Waals surface area contributed by atoms with Crippen molar-refractivity contribution in [1.82, 2.24) is 5.32 Å². The molecule has 1 aromatic carbocycles. The van der Waals surface area contributed by atoms with Crippen molar-refractivity contribution >= 4 is 17.4 Å². The summed E-state index contributed by atoms with van der Waals surface area (Å²) in [4.78, 5) is 11.7. The molecule has 1 aliphatic rings. The van der Waals surface area contributed by atoms with E-state index in [1.54, 1.807) is 24.3 Å². The first kappa shape index (κ1) is 9.69. The van der Waals surface area contributed by atoms with E-state index in [1.807, 2.05) is 0 Å². The molecule has 0 spiro atoms. The van der Waals surface area contributed by atoms with Crippen molar-refractivity contribution in [3.05, 3.63) is 34.9 Å². The summed E-state index contributed by atoms with van der Waals surface area (Å²) in [5.74, 6) is 0.742. The van der Waals surface area contributed by atoms with E-state index in [9.17, 15) is 4.79 Å². The van der Waals surface area contributed by atoms with Crippen molar-refractivity contribution in [3.63, 3.8) is 0 Å². The second-order valence-electron chi connectivity index (χ2n) is 3.66. The summed E-state index contributed by atoms with van der Waals surface area (Å²) in [6.07, 6.45) is 0.647. The van der Waals surface area contributed by atoms with E-state index >= 15 is 0 Å². The molecule has 0 amide bonds. The Labute approximate surface area is 88.3 Å². The van der Waals surface area contributed by atoms with E-state index in [2.05, 4.69) is 5.32 Å². The number of carbonyl (C=O) groups excluding carboxylic acids is 1. The molecule has 0 unspecified atom stereocenters. The molecule has 1 N–H and O–H groups in total. The molecular weight excluding hydrogens is 198 g/mol. The molecule has 0 radical (unpaired) electrons. The Morgan fingerprint density at radius 1 is 1.36 bits per heavy atom. The molecule has 3 heteroatoms. The SMILES string of the molecule is O=C(CC1CNC1)c1ccc(Cl)cc1. The fraction of sp³-hybridized carbons (Fsp3) is 0.364. The van der Waals surface area contributed by atoms with Crippen molar-refractivity contribution in [1.29, 1.82) is 0 Å². The van der Waals surface area contributed by atoms with E-state index in [0.717, 1.165) is 18.7 Å². The lowest BCUT2D eigenvalue weighted by Gasteiger charge is -2.26. The smallest absolute Gasteiger partial charge is 0.163 e. The van der Waals surface area contributed by atoms with Crippen LogP contribution in [-0.4, -0.2) is 18.9 Å². The van der Waals surface area contributed by atoms with E-state index in [4.69, 9.17) is 11.6 Å². The van der Waals surface area contributed by atoms with Crippen molar-refractivity contribution < 1.29 is 4.79 Å². The number of Topliss-reactive ketones (excluding diaryl/α,β-unsaturated/α-hetero) is 1. The van der Waals surface area contributed by atoms with Crippen LogP contribution in [0.2, 0.25) is 5.02 Å². The van der Waals surface area contributed by atoms with Crippen LogP contribution in [0, 0.1) is 5.92 Å². The maximum Gasteiger partial charge on any atom is 0.163 e. The minimum absolute atomic E-state index is 0.216. The number of halogens is 1. The molecule has 2 rings (SSSR count). The second kappa shape index (κ2) is 4.11. The number of nitrogens with one attached hydrogen (secondary N) is 1. The molecule has 0 aromatic heterocycles. The summed E-state index contributed by atoms with van der Waals surface area (Å²) in [6.45, 7) is 1.94. The van der Waals surface area contributed by atoms with Gasteiger partial charge in [-0.1, -0.05) is 11.6 Å². The van der Waals surface area contributed by atoms with Gasteiger partial charge < -0.3 is 5.32 Å². The van der Waals surface area contributed by atoms with Crippen LogP contribution in [0.1, 0.15) is 16.8 Å². The van der Waals surface area contributed by atoms with Gasteiger partial charge in [0, 0.05) is 17.0 Å². The summed E-state index contributed by atoms with van der Waals surface area (Å²) < 4.78 is 0. The Hall–Kier alpha value is -0.860. The lowest BCUT2D eigenvalue weighted by Crippen LogP contribution is -2.42. The predicted molar refractivity (Wildman–Crippen MR) is 56.8 cm³/mol. The van der Waals surface area contributed by atoms with Crippen LogP contribution in [0.3, 0.4) is 0 Å². The van der Waals surface area contributed by atoms with Crippen molar-refractivity contribution in [2.45, 2.75) is 6.42 Å². The first-order chi connectivity index (χ1) is 6.75. The first-order valence-electron chi connectivity index (χ1n) is 4.75. The van der Waals surface area contributed by atoms with Crippen LogP contribution in [0.25, 0.3) is 0 Å². The molecular formula is C11H12ClNO. The van der Waals surface area contributed by atoms with Crippen molar-refractivity contribution in [2.75, 3.05) is 13.1 Å². The van der Waals surface area contributed by atoms with Gasteiger partial charge in [-0.05, 0) is 43.3 Å². The Kier molecular flexibility index (Phi) is 2.85. The van der Waals surface area contributed by atoms with Gasteiger partial charge in [-0.25, -0.2) is 0 Å². The van der Waals surface area contributed by atoms with Gasteiger partial charge in [0.25, 0.3) is 0 Å². The summed E-state index contributed by atoms with van der Waals surface area (Å²) >= 11 is 5.74. The number of hydrogen-bond donors (Lipinski definition) is 1. The zero-order valence-electron chi connectivity index (χ0n) is 7.79. The highest BCUT2D eigenvalue weighted by atomic mass is 35.5. The number of ketones is 1. The Morgan fingerprint density at radius 2 is 2.00 bits per heavy atom. The highest BCUT2D eigenvalue weighted by Crippen LogP contribution is 2.15. The van der Waals surface area contributed by atoms with Gasteiger partial charge >= 0.3 is 0 Å². The summed E-state index contributed by atoms with van der Waals surface area (Å²) in [5, 5.41) is 3.83. The van der Waals surface area contributed by atoms with Crippen LogP contribution in [0.5, 0.6) is 0 Å². The Bertz CT molecular complexity index is 330. The molecule has 0 bridgehead atoms. The third-order valence-electron chi connectivity index (χ3n) is 2.51. The van der Waals surface area contributed by atoms with Gasteiger partial charge in [0.05, 0.1) is 0 Å². The standard InChI is InChI=1S/C11H12ClNO/c12-10-3-1-9(2-4-10)11(14)5-8-6-13-7-8/h1-4,8,13H,5-7H2. The average molecular weight is 210 g/mol. The number of benzene rings is 1. The summed E-state index contributed by atoms with van der Waals surface area (Å²) in [5.41, 5.74) is 0.765. The first-order valence-corrected chi connectivity index (χ1v) is 5.13. The highest BCUT2D eigenvalue weighted by molar-refractivity contribution is 6.30. The monoisotopic (exact) mass is 209 g/mol. The van der Waals surface area contributed by atoms with Crippen LogP contribution >= 0.6 is 11.6 Å². The zero-order valence-corrected chi connectivity index (χ0v) is 8.55. The van der Waals surface area contributed by atoms with Crippen LogP contribution in [0.15, 0.2) is 24.3 Å². The van der Waals surface area contributed by atoms with Gasteiger partial charge in [0.15, 0.2) is 5.78 Å². The fourth-order valence-electron chi connectivity index (χ4n) is 1.51. The zero-order chi connectivity index (χ0) is 9.97. The van der Waals surface area contributed by atoms with Gasteiger partial charge in [-0.3, -0.25) is 4.79 Å². The van der Waals surface area contributed by atoms with Crippen LogP contribution in [-0.2, 0) is 0 Å². The Balaban J connectivity index is 1.99. The molecule has 74 valence electrons. The molecule has 1 saturated heterocycles. The number of carbonyl (C=O) groups is 1. The average Bonchev–Trinajstić information content (AvgIpc) is 2.12. The third kappa shape index (κ3) is 2.14. The van der Waals surface area contributed by atoms with Gasteiger partial charge in [0.2, 0.25) is 0 Å². The normalized spacial score (nSPS) is 16.4. The lowest BCUT2D eigenvalue weighted by atomic mass is 9.94. The van der Waals surface area contributed by atoms with Gasteiger partial charge in [-0.15, -0.1) is 0 Å². The molecule has 0 aliphatic carbocycles. The van der Waals surface area contributed by atoms with Gasteiger partial charge in [0.1, 0.15) is 0 Å². The lowest BCUT2D eigenvalue weighted by molar-refractivity contribution is 0.0945. The summed E-state index contributed by atoms with van der Waals surface area (Å²) in [7, 11) is 0. The largest absolute Gasteiger partial charge is 0.316 e. The third-order valence-corrected chi connectivity index (χ3v) is 2.76. The minimum Gasteiger partial charge on any atom is -0.316 e. The molecule has 0 atom stereocenters. The highest BCUT2D eigenvalue weighted by Gasteiger charge is 2.20. The molecule has 1 heterocycles. The number of rotatable bonds is 3. The predicted octanol–water partition coefficient (Wildman–Crippen LogP) is 2.13. The molecule has 0 saturated carbocycles. The molecule has 1 fully saturated rings. The van der Waals surface area contributed by atoms with E-state index in [0.29, 0.717) is 17.4 Å². The summed E-state index contributed by atoms with van der Waals surface area (Å²) in [6, 6.07) is 7.09. The van der Waals surface area contributed by atoms with Crippen LogP contribution in [0.4, 0.5) is 0 Å².